The molecule has 1 aliphatic carbocycles. The number of amides is 1. The number of ether oxygens (including phenoxy) is 1. The minimum absolute atomic E-state index is 0.0518. The molecule has 2 N–H and O–H groups in total. The van der Waals surface area contributed by atoms with Crippen molar-refractivity contribution in [2.24, 2.45) is 0 Å². The fraction of sp³-hybridized carbons (Fsp3) is 0.650. The first-order chi connectivity index (χ1) is 13.3. The van der Waals surface area contributed by atoms with Gasteiger partial charge in [0.15, 0.2) is 0 Å². The number of aliphatic hydroxyl groups is 1. The molecular weight excluding hydrogens is 373 g/mol. The van der Waals surface area contributed by atoms with Crippen LogP contribution in [-0.2, 0) is 16.0 Å². The number of halogens is 3. The molecule has 1 aromatic carbocycles. The van der Waals surface area contributed by atoms with E-state index in [9.17, 15) is 23.1 Å². The summed E-state index contributed by atoms with van der Waals surface area (Å²) in [6.45, 7) is -0.415. The average Bonchev–Trinajstić information content (AvgIpc) is 3.12. The van der Waals surface area contributed by atoms with E-state index in [0.29, 0.717) is 19.4 Å². The van der Waals surface area contributed by atoms with Crippen LogP contribution in [0, 0.1) is 0 Å². The zero-order valence-electron chi connectivity index (χ0n) is 15.8. The number of nitrogens with one attached hydrogen (secondary N) is 1. The zero-order valence-corrected chi connectivity index (χ0v) is 15.8. The van der Waals surface area contributed by atoms with Crippen LogP contribution in [0.4, 0.5) is 13.2 Å². The number of nitrogens with zero attached hydrogens (tertiary/aromatic N) is 1. The fourth-order valence-electron chi connectivity index (χ4n) is 4.08. The summed E-state index contributed by atoms with van der Waals surface area (Å²) in [5.74, 6) is -0.635. The molecule has 0 spiro atoms. The Kier molecular flexibility index (Phi) is 6.95. The first kappa shape index (κ1) is 21.1. The smallest absolute Gasteiger partial charge is 0.389 e. The molecule has 1 amide bonds. The molecule has 1 fully saturated rings. The van der Waals surface area contributed by atoms with Crippen molar-refractivity contribution in [1.29, 1.82) is 0 Å². The van der Waals surface area contributed by atoms with Gasteiger partial charge < -0.3 is 15.2 Å². The van der Waals surface area contributed by atoms with Crippen LogP contribution in [0.15, 0.2) is 24.3 Å². The van der Waals surface area contributed by atoms with E-state index < -0.39 is 30.8 Å². The van der Waals surface area contributed by atoms with Crippen molar-refractivity contribution in [3.8, 4) is 0 Å². The van der Waals surface area contributed by atoms with Crippen LogP contribution in [-0.4, -0.2) is 60.5 Å². The first-order valence-corrected chi connectivity index (χ1v) is 9.79. The summed E-state index contributed by atoms with van der Waals surface area (Å²) in [7, 11) is 0. The van der Waals surface area contributed by atoms with Crippen molar-refractivity contribution in [2.45, 2.75) is 56.5 Å². The van der Waals surface area contributed by atoms with Gasteiger partial charge in [0.05, 0.1) is 24.9 Å². The molecule has 3 unspecified atom stereocenters. The third-order valence-electron chi connectivity index (χ3n) is 5.38. The van der Waals surface area contributed by atoms with E-state index >= 15 is 0 Å². The number of carbonyl (C=O) groups excluding carboxylic acids is 1. The molecule has 1 aliphatic heterocycles. The largest absolute Gasteiger partial charge is 0.405 e. The number of carbonyl (C=O) groups is 1. The van der Waals surface area contributed by atoms with Gasteiger partial charge in [0.1, 0.15) is 6.54 Å². The summed E-state index contributed by atoms with van der Waals surface area (Å²) in [6.07, 6.45) is -1.11. The second kappa shape index (κ2) is 9.24. The van der Waals surface area contributed by atoms with Crippen molar-refractivity contribution < 1.29 is 27.8 Å². The highest BCUT2D eigenvalue weighted by Crippen LogP contribution is 2.32. The number of β-amino-alcohol motifs (C(OH)–C–C–N with tert-alkyl or cyclic N) is 1. The Hall–Kier alpha value is -1.64. The van der Waals surface area contributed by atoms with Crippen LogP contribution >= 0.6 is 0 Å². The summed E-state index contributed by atoms with van der Waals surface area (Å²) in [4.78, 5) is 13.8. The van der Waals surface area contributed by atoms with Gasteiger partial charge in [0, 0.05) is 6.54 Å². The van der Waals surface area contributed by atoms with Crippen LogP contribution < -0.4 is 5.32 Å². The molecule has 2 aliphatic rings. The van der Waals surface area contributed by atoms with Gasteiger partial charge in [0.25, 0.3) is 0 Å². The monoisotopic (exact) mass is 400 g/mol. The lowest BCUT2D eigenvalue weighted by atomic mass is 9.89. The van der Waals surface area contributed by atoms with Gasteiger partial charge >= 0.3 is 6.18 Å². The van der Waals surface area contributed by atoms with E-state index in [1.54, 1.807) is 4.90 Å². The van der Waals surface area contributed by atoms with Gasteiger partial charge in [-0.3, -0.25) is 9.69 Å². The number of aryl methyl sites for hydroxylation is 1. The fourth-order valence-corrected chi connectivity index (χ4v) is 4.08. The van der Waals surface area contributed by atoms with E-state index in [2.05, 4.69) is 6.07 Å². The molecule has 0 saturated carbocycles. The van der Waals surface area contributed by atoms with Gasteiger partial charge in [-0.05, 0) is 49.8 Å². The van der Waals surface area contributed by atoms with Crippen molar-refractivity contribution in [3.05, 3.63) is 35.4 Å². The maximum Gasteiger partial charge on any atom is 0.405 e. The van der Waals surface area contributed by atoms with Crippen molar-refractivity contribution in [3.63, 3.8) is 0 Å². The highest BCUT2D eigenvalue weighted by Gasteiger charge is 2.35. The quantitative estimate of drug-likeness (QED) is 0.739. The van der Waals surface area contributed by atoms with Crippen LogP contribution in [0.2, 0.25) is 0 Å². The number of fused-ring (bicyclic) bond motifs is 1. The van der Waals surface area contributed by atoms with Crippen LogP contribution in [0.5, 0.6) is 0 Å². The second-order valence-electron chi connectivity index (χ2n) is 7.55. The number of hydrogen-bond donors (Lipinski definition) is 2. The molecule has 0 bridgehead atoms. The number of aliphatic hydroxyl groups excluding tert-OH is 1. The van der Waals surface area contributed by atoms with Gasteiger partial charge in [-0.1, -0.05) is 24.3 Å². The summed E-state index contributed by atoms with van der Waals surface area (Å²) in [5.41, 5.74) is 2.43. The third kappa shape index (κ3) is 5.68. The predicted octanol–water partition coefficient (Wildman–Crippen LogP) is 2.58. The van der Waals surface area contributed by atoms with E-state index in [4.69, 9.17) is 4.74 Å². The standard InChI is InChI=1S/C20H27F3N2O3/c21-20(22,23)13-24-19(27)17-8-4-10-25(17)11-15(26)12-28-18-9-3-6-14-5-1-2-7-16(14)18/h1-2,5,7,15,17-18,26H,3-4,6,8-13H2,(H,24,27). The maximum atomic E-state index is 12.3. The molecule has 3 atom stereocenters. The molecule has 0 aromatic heterocycles. The minimum atomic E-state index is -4.43. The predicted molar refractivity (Wildman–Crippen MR) is 97.7 cm³/mol. The summed E-state index contributed by atoms with van der Waals surface area (Å²) >= 11 is 0. The highest BCUT2D eigenvalue weighted by molar-refractivity contribution is 5.82. The van der Waals surface area contributed by atoms with Crippen LogP contribution in [0.25, 0.3) is 0 Å². The minimum Gasteiger partial charge on any atom is -0.389 e. The highest BCUT2D eigenvalue weighted by atomic mass is 19.4. The molecule has 1 heterocycles. The molecule has 8 heteroatoms. The van der Waals surface area contributed by atoms with E-state index in [1.807, 2.05) is 23.5 Å². The van der Waals surface area contributed by atoms with Gasteiger partial charge in [-0.15, -0.1) is 0 Å². The Labute approximate surface area is 162 Å². The van der Waals surface area contributed by atoms with E-state index in [1.165, 1.54) is 5.56 Å². The van der Waals surface area contributed by atoms with Crippen LogP contribution in [0.1, 0.15) is 42.9 Å². The van der Waals surface area contributed by atoms with Gasteiger partial charge in [-0.2, -0.15) is 13.2 Å². The molecule has 3 rings (SSSR count). The molecule has 28 heavy (non-hydrogen) atoms. The topological polar surface area (TPSA) is 61.8 Å². The first-order valence-electron chi connectivity index (χ1n) is 9.79. The molecule has 5 nitrogen and oxygen atoms in total. The van der Waals surface area contributed by atoms with Gasteiger partial charge in [-0.25, -0.2) is 0 Å². The number of alkyl halides is 3. The number of hydrogen-bond acceptors (Lipinski definition) is 4. The SMILES string of the molecule is O=C(NCC(F)(F)F)C1CCCN1CC(O)COC1CCCc2ccccc21. The summed E-state index contributed by atoms with van der Waals surface area (Å²) in [6, 6.07) is 7.49. The molecule has 156 valence electrons. The Morgan fingerprint density at radius 3 is 2.86 bits per heavy atom. The Bertz CT molecular complexity index is 668. The third-order valence-corrected chi connectivity index (χ3v) is 5.38. The maximum absolute atomic E-state index is 12.3. The lowest BCUT2D eigenvalue weighted by Crippen LogP contribution is -2.48. The Morgan fingerprint density at radius 1 is 1.29 bits per heavy atom. The summed E-state index contributed by atoms with van der Waals surface area (Å²) in [5, 5.41) is 12.3. The van der Waals surface area contributed by atoms with Crippen molar-refractivity contribution in [2.75, 3.05) is 26.2 Å². The normalized spacial score (nSPS) is 24.0. The Balaban J connectivity index is 1.48. The number of benzene rings is 1. The van der Waals surface area contributed by atoms with Crippen LogP contribution in [0.3, 0.4) is 0 Å². The molecule has 1 saturated heterocycles. The molecular formula is C20H27F3N2O3. The lowest BCUT2D eigenvalue weighted by molar-refractivity contribution is -0.141. The zero-order chi connectivity index (χ0) is 20.1. The average molecular weight is 400 g/mol. The van der Waals surface area contributed by atoms with Crippen molar-refractivity contribution >= 4 is 5.91 Å². The summed E-state index contributed by atoms with van der Waals surface area (Å²) < 4.78 is 42.9. The number of likely N-dealkylation sites (tertiary alicyclic amines) is 1. The van der Waals surface area contributed by atoms with Gasteiger partial charge in [0.2, 0.25) is 5.91 Å². The Morgan fingerprint density at radius 2 is 2.07 bits per heavy atom. The van der Waals surface area contributed by atoms with Crippen molar-refractivity contribution in [1.82, 2.24) is 10.2 Å². The lowest BCUT2D eigenvalue weighted by Gasteiger charge is -2.29. The molecule has 0 radical (unpaired) electrons. The second-order valence-corrected chi connectivity index (χ2v) is 7.55. The molecule has 1 aromatic rings. The van der Waals surface area contributed by atoms with E-state index in [-0.39, 0.29) is 19.3 Å². The van der Waals surface area contributed by atoms with E-state index in [0.717, 1.165) is 24.8 Å². The number of rotatable bonds is 7.